The highest BCUT2D eigenvalue weighted by molar-refractivity contribution is 9.10. The molecule has 0 aliphatic heterocycles. The number of benzene rings is 1. The van der Waals surface area contributed by atoms with E-state index in [9.17, 15) is 4.39 Å². The third-order valence-corrected chi connectivity index (χ3v) is 3.30. The zero-order valence-corrected chi connectivity index (χ0v) is 9.34. The maximum atomic E-state index is 13.5. The Morgan fingerprint density at radius 2 is 2.08 bits per heavy atom. The van der Waals surface area contributed by atoms with E-state index in [0.29, 0.717) is 4.47 Å². The molecule has 0 spiro atoms. The maximum absolute atomic E-state index is 13.5. The predicted octanol–water partition coefficient (Wildman–Crippen LogP) is 3.45. The summed E-state index contributed by atoms with van der Waals surface area (Å²) in [5, 5.41) is 0. The van der Waals surface area contributed by atoms with Crippen LogP contribution in [0.15, 0.2) is 16.6 Å². The van der Waals surface area contributed by atoms with Gasteiger partial charge in [0.25, 0.3) is 0 Å². The summed E-state index contributed by atoms with van der Waals surface area (Å²) < 4.78 is 14.1. The molecule has 13 heavy (non-hydrogen) atoms. The highest BCUT2D eigenvalue weighted by Gasteiger charge is 2.17. The summed E-state index contributed by atoms with van der Waals surface area (Å²) in [4.78, 5) is 1.04. The van der Waals surface area contributed by atoms with Crippen LogP contribution in [0.3, 0.4) is 0 Å². The fourth-order valence-electron chi connectivity index (χ4n) is 1.63. The third kappa shape index (κ3) is 1.67. The van der Waals surface area contributed by atoms with Crippen LogP contribution in [0, 0.1) is 5.82 Å². The van der Waals surface area contributed by atoms with Gasteiger partial charge < -0.3 is 0 Å². The van der Waals surface area contributed by atoms with Gasteiger partial charge in [0.15, 0.2) is 0 Å². The molecule has 1 aromatic carbocycles. The standard InChI is InChI=1S/C10H8BrFS/c11-9-4-1-6-5-7(13)2-3-8(6)10(9)12/h1,4H,2-3,5H2. The lowest BCUT2D eigenvalue weighted by atomic mass is 9.91. The summed E-state index contributed by atoms with van der Waals surface area (Å²) in [5.74, 6) is -0.111. The van der Waals surface area contributed by atoms with E-state index < -0.39 is 0 Å². The molecule has 3 heteroatoms. The smallest absolute Gasteiger partial charge is 0.140 e. The van der Waals surface area contributed by atoms with E-state index >= 15 is 0 Å². The van der Waals surface area contributed by atoms with Crippen molar-refractivity contribution in [2.24, 2.45) is 0 Å². The molecular weight excluding hydrogens is 251 g/mol. The average molecular weight is 259 g/mol. The Morgan fingerprint density at radius 1 is 1.31 bits per heavy atom. The molecule has 68 valence electrons. The van der Waals surface area contributed by atoms with Gasteiger partial charge in [-0.05, 0) is 50.8 Å². The van der Waals surface area contributed by atoms with Crippen molar-refractivity contribution in [3.63, 3.8) is 0 Å². The van der Waals surface area contributed by atoms with Crippen molar-refractivity contribution >= 4 is 33.0 Å². The van der Waals surface area contributed by atoms with Crippen LogP contribution in [0.1, 0.15) is 17.5 Å². The summed E-state index contributed by atoms with van der Waals surface area (Å²) in [6.07, 6.45) is 2.35. The Labute approximate surface area is 90.3 Å². The molecule has 0 fully saturated rings. The van der Waals surface area contributed by atoms with Gasteiger partial charge in [-0.1, -0.05) is 18.3 Å². The van der Waals surface area contributed by atoms with Gasteiger partial charge in [-0.3, -0.25) is 0 Å². The Bertz CT molecular complexity index is 373. The Balaban J connectivity index is 2.53. The molecule has 0 atom stereocenters. The SMILES string of the molecule is Fc1c(Br)ccc2c1CCC(=S)C2. The summed E-state index contributed by atoms with van der Waals surface area (Å²) in [5.41, 5.74) is 1.89. The number of halogens is 2. The van der Waals surface area contributed by atoms with Gasteiger partial charge in [0, 0.05) is 6.42 Å². The van der Waals surface area contributed by atoms with E-state index in [1.54, 1.807) is 6.07 Å². The molecule has 0 saturated heterocycles. The van der Waals surface area contributed by atoms with Crippen LogP contribution < -0.4 is 0 Å². The first-order valence-electron chi connectivity index (χ1n) is 4.16. The highest BCUT2D eigenvalue weighted by atomic mass is 79.9. The fraction of sp³-hybridized carbons (Fsp3) is 0.300. The monoisotopic (exact) mass is 258 g/mol. The van der Waals surface area contributed by atoms with E-state index in [-0.39, 0.29) is 5.82 Å². The Hall–Kier alpha value is -0.280. The quantitative estimate of drug-likeness (QED) is 0.643. The number of fused-ring (bicyclic) bond motifs is 1. The van der Waals surface area contributed by atoms with Crippen molar-refractivity contribution in [3.8, 4) is 0 Å². The first-order valence-corrected chi connectivity index (χ1v) is 5.36. The minimum atomic E-state index is -0.111. The summed E-state index contributed by atoms with van der Waals surface area (Å²) in [7, 11) is 0. The Morgan fingerprint density at radius 3 is 2.85 bits per heavy atom. The molecule has 0 N–H and O–H groups in total. The van der Waals surface area contributed by atoms with Gasteiger partial charge in [-0.15, -0.1) is 0 Å². The van der Waals surface area contributed by atoms with Gasteiger partial charge in [0.2, 0.25) is 0 Å². The van der Waals surface area contributed by atoms with Crippen molar-refractivity contribution in [1.29, 1.82) is 0 Å². The minimum absolute atomic E-state index is 0.111. The van der Waals surface area contributed by atoms with Gasteiger partial charge >= 0.3 is 0 Å². The van der Waals surface area contributed by atoms with Gasteiger partial charge in [-0.2, -0.15) is 0 Å². The number of hydrogen-bond donors (Lipinski definition) is 0. The molecule has 1 aliphatic rings. The summed E-state index contributed by atoms with van der Waals surface area (Å²) in [6.45, 7) is 0. The second-order valence-electron chi connectivity index (χ2n) is 3.21. The molecule has 0 amide bonds. The lowest BCUT2D eigenvalue weighted by molar-refractivity contribution is 0.599. The average Bonchev–Trinajstić information content (AvgIpc) is 2.12. The molecule has 0 aromatic heterocycles. The normalized spacial score (nSPS) is 15.7. The van der Waals surface area contributed by atoms with Crippen LogP contribution in [-0.4, -0.2) is 4.86 Å². The van der Waals surface area contributed by atoms with Crippen LogP contribution in [-0.2, 0) is 12.8 Å². The van der Waals surface area contributed by atoms with Crippen LogP contribution in [0.25, 0.3) is 0 Å². The van der Waals surface area contributed by atoms with Crippen LogP contribution in [0.2, 0.25) is 0 Å². The zero-order chi connectivity index (χ0) is 9.42. The van der Waals surface area contributed by atoms with Gasteiger partial charge in [-0.25, -0.2) is 4.39 Å². The zero-order valence-electron chi connectivity index (χ0n) is 6.94. The largest absolute Gasteiger partial charge is 0.205 e. The van der Waals surface area contributed by atoms with Gasteiger partial charge in [0.1, 0.15) is 5.82 Å². The van der Waals surface area contributed by atoms with E-state index in [1.165, 1.54) is 0 Å². The minimum Gasteiger partial charge on any atom is -0.205 e. The van der Waals surface area contributed by atoms with Crippen LogP contribution in [0.4, 0.5) is 4.39 Å². The van der Waals surface area contributed by atoms with Crippen molar-refractivity contribution in [2.75, 3.05) is 0 Å². The van der Waals surface area contributed by atoms with Crippen molar-refractivity contribution < 1.29 is 4.39 Å². The van der Waals surface area contributed by atoms with Crippen LogP contribution >= 0.6 is 28.1 Å². The van der Waals surface area contributed by atoms with Crippen molar-refractivity contribution in [2.45, 2.75) is 19.3 Å². The molecule has 0 bridgehead atoms. The fourth-order valence-corrected chi connectivity index (χ4v) is 2.26. The Kier molecular flexibility index (Phi) is 2.47. The van der Waals surface area contributed by atoms with Crippen LogP contribution in [0.5, 0.6) is 0 Å². The number of thiocarbonyl (C=S) groups is 1. The summed E-state index contributed by atoms with van der Waals surface area (Å²) in [6, 6.07) is 3.70. The topological polar surface area (TPSA) is 0 Å². The molecule has 0 radical (unpaired) electrons. The van der Waals surface area contributed by atoms with E-state index in [4.69, 9.17) is 12.2 Å². The first-order chi connectivity index (χ1) is 6.18. The summed E-state index contributed by atoms with van der Waals surface area (Å²) >= 11 is 8.31. The molecule has 0 heterocycles. The van der Waals surface area contributed by atoms with E-state index in [2.05, 4.69) is 15.9 Å². The second kappa shape index (κ2) is 3.46. The van der Waals surface area contributed by atoms with Crippen molar-refractivity contribution in [3.05, 3.63) is 33.5 Å². The molecule has 0 unspecified atom stereocenters. The molecule has 0 saturated carbocycles. The van der Waals surface area contributed by atoms with E-state index in [1.807, 2.05) is 6.07 Å². The van der Waals surface area contributed by atoms with E-state index in [0.717, 1.165) is 35.3 Å². The predicted molar refractivity (Wildman–Crippen MR) is 58.7 cm³/mol. The molecule has 1 aromatic rings. The molecule has 0 nitrogen and oxygen atoms in total. The third-order valence-electron chi connectivity index (χ3n) is 2.33. The lowest BCUT2D eigenvalue weighted by Gasteiger charge is -2.17. The molecule has 1 aliphatic carbocycles. The van der Waals surface area contributed by atoms with Gasteiger partial charge in [0.05, 0.1) is 4.47 Å². The lowest BCUT2D eigenvalue weighted by Crippen LogP contribution is -2.13. The number of rotatable bonds is 0. The first kappa shape index (κ1) is 9.28. The van der Waals surface area contributed by atoms with Crippen molar-refractivity contribution in [1.82, 2.24) is 0 Å². The number of hydrogen-bond acceptors (Lipinski definition) is 1. The second-order valence-corrected chi connectivity index (χ2v) is 4.65. The molecular formula is C10H8BrFS. The molecule has 2 rings (SSSR count). The highest BCUT2D eigenvalue weighted by Crippen LogP contribution is 2.27. The maximum Gasteiger partial charge on any atom is 0.140 e.